The van der Waals surface area contributed by atoms with Crippen LogP contribution in [0.2, 0.25) is 0 Å². The van der Waals surface area contributed by atoms with E-state index in [1.54, 1.807) is 0 Å². The van der Waals surface area contributed by atoms with E-state index in [1.165, 1.54) is 18.2 Å². The van der Waals surface area contributed by atoms with E-state index in [-0.39, 0.29) is 36.7 Å². The van der Waals surface area contributed by atoms with Gasteiger partial charge in [0.1, 0.15) is 5.75 Å². The van der Waals surface area contributed by atoms with E-state index in [9.17, 15) is 13.2 Å². The lowest BCUT2D eigenvalue weighted by molar-refractivity contribution is -0.275. The van der Waals surface area contributed by atoms with Gasteiger partial charge in [0.25, 0.3) is 0 Å². The Hall–Kier alpha value is -0.500. The van der Waals surface area contributed by atoms with Crippen LogP contribution in [-0.4, -0.2) is 18.1 Å². The van der Waals surface area contributed by atoms with Gasteiger partial charge in [0.2, 0.25) is 0 Å². The Morgan fingerprint density at radius 3 is 2.50 bits per heavy atom. The number of ether oxygens (including phenoxy) is 1. The first-order valence-electron chi connectivity index (χ1n) is 4.75. The van der Waals surface area contributed by atoms with Crippen molar-refractivity contribution in [2.24, 2.45) is 5.73 Å². The van der Waals surface area contributed by atoms with Gasteiger partial charge in [0, 0.05) is 22.7 Å². The molecule has 104 valence electrons. The molecule has 0 aliphatic heterocycles. The standard InChI is InChI=1S/C10H11BrF3NO2.ClH/c11-6-1-2-9(17-10(12,13)14)7(5-6)8(15)3-4-16;/h1-2,5,8,16H,3-4,15H2;1H/t8-;/m0./s1. The predicted molar refractivity (Wildman–Crippen MR) is 66.7 cm³/mol. The largest absolute Gasteiger partial charge is 0.573 e. The molecule has 0 aliphatic rings. The van der Waals surface area contributed by atoms with Gasteiger partial charge >= 0.3 is 6.36 Å². The second-order valence-corrected chi connectivity index (χ2v) is 4.26. The predicted octanol–water partition coefficient (Wildman–Crippen LogP) is 3.15. The van der Waals surface area contributed by atoms with Crippen LogP contribution in [0.25, 0.3) is 0 Å². The van der Waals surface area contributed by atoms with E-state index < -0.39 is 12.4 Å². The molecule has 1 rings (SSSR count). The summed E-state index contributed by atoms with van der Waals surface area (Å²) in [5, 5.41) is 8.74. The quantitative estimate of drug-likeness (QED) is 0.877. The summed E-state index contributed by atoms with van der Waals surface area (Å²) >= 11 is 3.14. The molecule has 0 bridgehead atoms. The third kappa shape index (κ3) is 5.43. The lowest BCUT2D eigenvalue weighted by Crippen LogP contribution is -2.20. The van der Waals surface area contributed by atoms with Crippen molar-refractivity contribution in [1.82, 2.24) is 0 Å². The van der Waals surface area contributed by atoms with Gasteiger partial charge in [0.05, 0.1) is 0 Å². The van der Waals surface area contributed by atoms with E-state index in [4.69, 9.17) is 10.8 Å². The van der Waals surface area contributed by atoms with Crippen LogP contribution in [0.4, 0.5) is 13.2 Å². The molecule has 0 fully saturated rings. The third-order valence-corrected chi connectivity index (χ3v) is 2.53. The van der Waals surface area contributed by atoms with Crippen molar-refractivity contribution < 1.29 is 23.0 Å². The van der Waals surface area contributed by atoms with E-state index in [0.29, 0.717) is 4.47 Å². The smallest absolute Gasteiger partial charge is 0.405 e. The Balaban J connectivity index is 0.00000289. The van der Waals surface area contributed by atoms with Gasteiger partial charge in [-0.2, -0.15) is 0 Å². The van der Waals surface area contributed by atoms with Crippen molar-refractivity contribution >= 4 is 28.3 Å². The number of benzene rings is 1. The normalized spacial score (nSPS) is 12.8. The SMILES string of the molecule is Cl.N[C@@H](CCO)c1cc(Br)ccc1OC(F)(F)F. The fourth-order valence-electron chi connectivity index (χ4n) is 1.32. The number of aliphatic hydroxyl groups is 1. The minimum Gasteiger partial charge on any atom is -0.405 e. The van der Waals surface area contributed by atoms with E-state index in [0.717, 1.165) is 0 Å². The van der Waals surface area contributed by atoms with Crippen molar-refractivity contribution in [2.75, 3.05) is 6.61 Å². The molecular formula is C10H12BrClF3NO2. The molecule has 0 aromatic heterocycles. The maximum absolute atomic E-state index is 12.1. The van der Waals surface area contributed by atoms with Gasteiger partial charge in [-0.15, -0.1) is 25.6 Å². The molecule has 1 aromatic rings. The summed E-state index contributed by atoms with van der Waals surface area (Å²) in [5.41, 5.74) is 5.87. The molecule has 0 heterocycles. The highest BCUT2D eigenvalue weighted by molar-refractivity contribution is 9.10. The number of rotatable bonds is 4. The average Bonchev–Trinajstić information content (AvgIpc) is 2.19. The van der Waals surface area contributed by atoms with Crippen LogP contribution in [0, 0.1) is 0 Å². The zero-order valence-electron chi connectivity index (χ0n) is 9.08. The number of aliphatic hydroxyl groups excluding tert-OH is 1. The highest BCUT2D eigenvalue weighted by Crippen LogP contribution is 2.32. The number of halogens is 5. The van der Waals surface area contributed by atoms with E-state index in [2.05, 4.69) is 20.7 Å². The lowest BCUT2D eigenvalue weighted by Gasteiger charge is -2.17. The number of nitrogens with two attached hydrogens (primary N) is 1. The second-order valence-electron chi connectivity index (χ2n) is 3.35. The minimum atomic E-state index is -4.76. The van der Waals surface area contributed by atoms with Gasteiger partial charge in [0.15, 0.2) is 0 Å². The van der Waals surface area contributed by atoms with Crippen LogP contribution >= 0.6 is 28.3 Å². The number of hydrogen-bond donors (Lipinski definition) is 2. The Labute approximate surface area is 117 Å². The zero-order valence-corrected chi connectivity index (χ0v) is 11.5. The molecule has 18 heavy (non-hydrogen) atoms. The molecule has 8 heteroatoms. The van der Waals surface area contributed by atoms with Crippen LogP contribution in [0.5, 0.6) is 5.75 Å². The van der Waals surface area contributed by atoms with E-state index >= 15 is 0 Å². The van der Waals surface area contributed by atoms with Crippen LogP contribution in [0.3, 0.4) is 0 Å². The number of hydrogen-bond acceptors (Lipinski definition) is 3. The first-order chi connectivity index (χ1) is 7.83. The fourth-order valence-corrected chi connectivity index (χ4v) is 1.70. The first kappa shape index (κ1) is 17.5. The topological polar surface area (TPSA) is 55.5 Å². The van der Waals surface area contributed by atoms with Gasteiger partial charge in [-0.25, -0.2) is 0 Å². The maximum atomic E-state index is 12.1. The fraction of sp³-hybridized carbons (Fsp3) is 0.400. The van der Waals surface area contributed by atoms with Crippen LogP contribution in [0.1, 0.15) is 18.0 Å². The van der Waals surface area contributed by atoms with Gasteiger partial charge in [-0.05, 0) is 24.6 Å². The summed E-state index contributed by atoms with van der Waals surface area (Å²) < 4.78 is 40.9. The summed E-state index contributed by atoms with van der Waals surface area (Å²) in [6.07, 6.45) is -4.60. The second kappa shape index (κ2) is 7.18. The molecule has 3 nitrogen and oxygen atoms in total. The Bertz CT molecular complexity index is 390. The maximum Gasteiger partial charge on any atom is 0.573 e. The highest BCUT2D eigenvalue weighted by atomic mass is 79.9. The monoisotopic (exact) mass is 349 g/mol. The van der Waals surface area contributed by atoms with Crippen LogP contribution in [0.15, 0.2) is 22.7 Å². The van der Waals surface area contributed by atoms with Crippen molar-refractivity contribution in [3.63, 3.8) is 0 Å². The Kier molecular flexibility index (Phi) is 6.98. The molecule has 0 unspecified atom stereocenters. The van der Waals surface area contributed by atoms with Crippen molar-refractivity contribution in [3.05, 3.63) is 28.2 Å². The molecule has 0 aliphatic carbocycles. The van der Waals surface area contributed by atoms with Crippen LogP contribution in [-0.2, 0) is 0 Å². The molecule has 0 saturated heterocycles. The van der Waals surface area contributed by atoms with Crippen LogP contribution < -0.4 is 10.5 Å². The molecular weight excluding hydrogens is 338 g/mol. The van der Waals surface area contributed by atoms with Crippen molar-refractivity contribution in [3.8, 4) is 5.75 Å². The zero-order chi connectivity index (χ0) is 13.1. The van der Waals surface area contributed by atoms with Crippen molar-refractivity contribution in [2.45, 2.75) is 18.8 Å². The summed E-state index contributed by atoms with van der Waals surface area (Å²) in [5.74, 6) is -0.346. The number of alkyl halides is 3. The third-order valence-electron chi connectivity index (χ3n) is 2.04. The first-order valence-corrected chi connectivity index (χ1v) is 5.54. The Morgan fingerprint density at radius 1 is 1.39 bits per heavy atom. The summed E-state index contributed by atoms with van der Waals surface area (Å²) in [6.45, 7) is -0.209. The summed E-state index contributed by atoms with van der Waals surface area (Å²) in [4.78, 5) is 0. The van der Waals surface area contributed by atoms with Gasteiger partial charge in [-0.3, -0.25) is 0 Å². The summed E-state index contributed by atoms with van der Waals surface area (Å²) in [7, 11) is 0. The molecule has 0 saturated carbocycles. The molecule has 3 N–H and O–H groups in total. The van der Waals surface area contributed by atoms with E-state index in [1.807, 2.05) is 0 Å². The molecule has 1 atom stereocenters. The Morgan fingerprint density at radius 2 is 2.00 bits per heavy atom. The molecule has 0 amide bonds. The average molecular weight is 351 g/mol. The van der Waals surface area contributed by atoms with Gasteiger partial charge in [-0.1, -0.05) is 15.9 Å². The van der Waals surface area contributed by atoms with Gasteiger partial charge < -0.3 is 15.6 Å². The molecule has 0 spiro atoms. The highest BCUT2D eigenvalue weighted by Gasteiger charge is 2.32. The minimum absolute atomic E-state index is 0. The van der Waals surface area contributed by atoms with Crippen molar-refractivity contribution in [1.29, 1.82) is 0 Å². The lowest BCUT2D eigenvalue weighted by atomic mass is 10.0. The molecule has 0 radical (unpaired) electrons. The molecule has 1 aromatic carbocycles. The summed E-state index contributed by atoms with van der Waals surface area (Å²) in [6, 6.07) is 3.34.